The Labute approximate surface area is 136 Å². The van der Waals surface area contributed by atoms with Crippen molar-refractivity contribution in [1.29, 1.82) is 0 Å². The van der Waals surface area contributed by atoms with Gasteiger partial charge in [0.25, 0.3) is 0 Å². The molecule has 0 aromatic heterocycles. The molecule has 2 aromatic carbocycles. The molecule has 0 aliphatic rings. The van der Waals surface area contributed by atoms with Crippen LogP contribution in [0.1, 0.15) is 18.5 Å². The average Bonchev–Trinajstić information content (AvgIpc) is 2.41. The lowest BCUT2D eigenvalue weighted by atomic mass is 10.1. The van der Waals surface area contributed by atoms with E-state index in [0.717, 1.165) is 12.1 Å². The number of nitrogens with one attached hydrogen (secondary N) is 2. The second-order valence-corrected chi connectivity index (χ2v) is 5.45. The summed E-state index contributed by atoms with van der Waals surface area (Å²) in [6.07, 6.45) is 0. The topological polar surface area (TPSA) is 41.1 Å². The van der Waals surface area contributed by atoms with Gasteiger partial charge in [-0.05, 0) is 36.8 Å². The van der Waals surface area contributed by atoms with Crippen molar-refractivity contribution in [3.63, 3.8) is 0 Å². The molecule has 0 bridgehead atoms. The number of carbonyl (C=O) groups excluding carboxylic acids is 1. The Hall–Kier alpha value is -1.85. The number of anilines is 1. The molecule has 0 radical (unpaired) electrons. The standard InChI is InChI=1S/C15H12Cl2F2N2O/c1-8(11-4-2-9(16)6-12(11)17)20-15(22)21-14-5-3-10(18)7-13(14)19/h2-8H,1H3,(H2,20,21,22)/t8-/m0/s1. The molecule has 0 spiro atoms. The summed E-state index contributed by atoms with van der Waals surface area (Å²) in [5.41, 5.74) is 0.550. The van der Waals surface area contributed by atoms with E-state index in [4.69, 9.17) is 23.2 Å². The molecular formula is C15H12Cl2F2N2O. The summed E-state index contributed by atoms with van der Waals surface area (Å²) < 4.78 is 26.3. The van der Waals surface area contributed by atoms with Gasteiger partial charge >= 0.3 is 6.03 Å². The van der Waals surface area contributed by atoms with E-state index in [1.54, 1.807) is 25.1 Å². The normalized spacial score (nSPS) is 11.9. The van der Waals surface area contributed by atoms with Crippen LogP contribution >= 0.6 is 23.2 Å². The summed E-state index contributed by atoms with van der Waals surface area (Å²) in [5.74, 6) is -1.57. The van der Waals surface area contributed by atoms with E-state index in [9.17, 15) is 13.6 Å². The van der Waals surface area contributed by atoms with E-state index < -0.39 is 23.7 Å². The molecule has 0 unspecified atom stereocenters. The number of halogens is 4. The summed E-state index contributed by atoms with van der Waals surface area (Å²) in [5, 5.41) is 5.81. The Bertz CT molecular complexity index is 710. The Balaban J connectivity index is 2.05. The van der Waals surface area contributed by atoms with Gasteiger partial charge in [0.1, 0.15) is 11.6 Å². The van der Waals surface area contributed by atoms with Crippen molar-refractivity contribution in [2.75, 3.05) is 5.32 Å². The summed E-state index contributed by atoms with van der Waals surface area (Å²) in [6.45, 7) is 1.72. The van der Waals surface area contributed by atoms with Gasteiger partial charge in [0, 0.05) is 16.1 Å². The zero-order valence-corrected chi connectivity index (χ0v) is 13.0. The molecule has 0 saturated heterocycles. The zero-order valence-electron chi connectivity index (χ0n) is 11.5. The molecule has 7 heteroatoms. The van der Waals surface area contributed by atoms with E-state index in [-0.39, 0.29) is 5.69 Å². The third-order valence-corrected chi connectivity index (χ3v) is 3.52. The molecule has 22 heavy (non-hydrogen) atoms. The van der Waals surface area contributed by atoms with Crippen molar-refractivity contribution in [3.8, 4) is 0 Å². The third-order valence-electron chi connectivity index (χ3n) is 2.96. The fourth-order valence-corrected chi connectivity index (χ4v) is 2.45. The molecular weight excluding hydrogens is 333 g/mol. The fraction of sp³-hybridized carbons (Fsp3) is 0.133. The van der Waals surface area contributed by atoms with Crippen LogP contribution in [0.4, 0.5) is 19.3 Å². The highest BCUT2D eigenvalue weighted by Crippen LogP contribution is 2.26. The van der Waals surface area contributed by atoms with Crippen molar-refractivity contribution in [2.24, 2.45) is 0 Å². The first-order valence-corrected chi connectivity index (χ1v) is 7.10. The van der Waals surface area contributed by atoms with Gasteiger partial charge in [-0.3, -0.25) is 0 Å². The van der Waals surface area contributed by atoms with Crippen LogP contribution in [-0.4, -0.2) is 6.03 Å². The molecule has 2 rings (SSSR count). The summed E-state index contributed by atoms with van der Waals surface area (Å²) in [4.78, 5) is 11.9. The SMILES string of the molecule is C[C@H](NC(=O)Nc1ccc(F)cc1F)c1ccc(Cl)cc1Cl. The highest BCUT2D eigenvalue weighted by Gasteiger charge is 2.14. The molecule has 1 atom stereocenters. The Morgan fingerprint density at radius 3 is 2.50 bits per heavy atom. The molecule has 116 valence electrons. The number of hydrogen-bond acceptors (Lipinski definition) is 1. The highest BCUT2D eigenvalue weighted by atomic mass is 35.5. The Morgan fingerprint density at radius 1 is 1.14 bits per heavy atom. The number of amides is 2. The van der Waals surface area contributed by atoms with Crippen LogP contribution in [-0.2, 0) is 0 Å². The minimum atomic E-state index is -0.854. The van der Waals surface area contributed by atoms with Gasteiger partial charge in [-0.2, -0.15) is 0 Å². The second kappa shape index (κ2) is 6.94. The quantitative estimate of drug-likeness (QED) is 0.793. The first kappa shape index (κ1) is 16.5. The number of hydrogen-bond donors (Lipinski definition) is 2. The van der Waals surface area contributed by atoms with E-state index in [0.29, 0.717) is 21.7 Å². The summed E-state index contributed by atoms with van der Waals surface area (Å²) in [7, 11) is 0. The monoisotopic (exact) mass is 344 g/mol. The first-order valence-electron chi connectivity index (χ1n) is 6.34. The predicted molar refractivity (Wildman–Crippen MR) is 83.4 cm³/mol. The minimum Gasteiger partial charge on any atom is -0.331 e. The third kappa shape index (κ3) is 4.08. The lowest BCUT2D eigenvalue weighted by molar-refractivity contribution is 0.249. The molecule has 3 nitrogen and oxygen atoms in total. The maximum atomic E-state index is 13.5. The van der Waals surface area contributed by atoms with E-state index in [2.05, 4.69) is 10.6 Å². The largest absolute Gasteiger partial charge is 0.331 e. The molecule has 0 saturated carbocycles. The smallest absolute Gasteiger partial charge is 0.319 e. The fourth-order valence-electron chi connectivity index (χ4n) is 1.88. The summed E-state index contributed by atoms with van der Waals surface area (Å²) in [6, 6.07) is 6.73. The van der Waals surface area contributed by atoms with Crippen molar-refractivity contribution in [2.45, 2.75) is 13.0 Å². The van der Waals surface area contributed by atoms with E-state index in [1.165, 1.54) is 0 Å². The second-order valence-electron chi connectivity index (χ2n) is 4.61. The van der Waals surface area contributed by atoms with Crippen LogP contribution in [0.15, 0.2) is 36.4 Å². The maximum Gasteiger partial charge on any atom is 0.319 e. The number of urea groups is 1. The molecule has 0 fully saturated rings. The highest BCUT2D eigenvalue weighted by molar-refractivity contribution is 6.35. The van der Waals surface area contributed by atoms with Crippen LogP contribution in [0.3, 0.4) is 0 Å². The van der Waals surface area contributed by atoms with Gasteiger partial charge in [-0.25, -0.2) is 13.6 Å². The van der Waals surface area contributed by atoms with Crippen LogP contribution < -0.4 is 10.6 Å². The van der Waals surface area contributed by atoms with Crippen LogP contribution in [0.5, 0.6) is 0 Å². The van der Waals surface area contributed by atoms with E-state index in [1.807, 2.05) is 0 Å². The van der Waals surface area contributed by atoms with Crippen molar-refractivity contribution >= 4 is 34.9 Å². The Morgan fingerprint density at radius 2 is 1.86 bits per heavy atom. The zero-order chi connectivity index (χ0) is 16.3. The van der Waals surface area contributed by atoms with Crippen LogP contribution in [0.25, 0.3) is 0 Å². The first-order chi connectivity index (χ1) is 10.4. The molecule has 2 amide bonds. The van der Waals surface area contributed by atoms with Gasteiger partial charge in [0.2, 0.25) is 0 Å². The Kier molecular flexibility index (Phi) is 5.21. The molecule has 2 aromatic rings. The van der Waals surface area contributed by atoms with Crippen LogP contribution in [0.2, 0.25) is 10.0 Å². The van der Waals surface area contributed by atoms with Crippen molar-refractivity contribution in [1.82, 2.24) is 5.32 Å². The molecule has 0 aliphatic heterocycles. The van der Waals surface area contributed by atoms with Crippen LogP contribution in [0, 0.1) is 11.6 Å². The number of rotatable bonds is 3. The minimum absolute atomic E-state index is 0.117. The number of carbonyl (C=O) groups is 1. The lowest BCUT2D eigenvalue weighted by Crippen LogP contribution is -2.31. The van der Waals surface area contributed by atoms with Gasteiger partial charge < -0.3 is 10.6 Å². The molecule has 0 heterocycles. The molecule has 0 aliphatic carbocycles. The maximum absolute atomic E-state index is 13.5. The summed E-state index contributed by atoms with van der Waals surface area (Å²) >= 11 is 11.9. The van der Waals surface area contributed by atoms with Gasteiger partial charge in [-0.1, -0.05) is 29.3 Å². The van der Waals surface area contributed by atoms with Gasteiger partial charge in [0.05, 0.1) is 11.7 Å². The predicted octanol–water partition coefficient (Wildman–Crippen LogP) is 5.15. The van der Waals surface area contributed by atoms with Gasteiger partial charge in [0.15, 0.2) is 0 Å². The molecule has 2 N–H and O–H groups in total. The lowest BCUT2D eigenvalue weighted by Gasteiger charge is -2.16. The number of benzene rings is 2. The van der Waals surface area contributed by atoms with Crippen molar-refractivity contribution < 1.29 is 13.6 Å². The van der Waals surface area contributed by atoms with Gasteiger partial charge in [-0.15, -0.1) is 0 Å². The van der Waals surface area contributed by atoms with Crippen molar-refractivity contribution in [3.05, 3.63) is 63.6 Å². The average molecular weight is 345 g/mol. The van der Waals surface area contributed by atoms with E-state index >= 15 is 0 Å².